The van der Waals surface area contributed by atoms with E-state index in [0.29, 0.717) is 6.42 Å². The van der Waals surface area contributed by atoms with E-state index in [4.69, 9.17) is 18.6 Å². The van der Waals surface area contributed by atoms with Crippen LogP contribution in [-0.2, 0) is 28.6 Å². The normalized spacial score (nSPS) is 42.3. The molecule has 7 heteroatoms. The molecule has 7 nitrogen and oxygen atoms in total. The number of furan rings is 1. The van der Waals surface area contributed by atoms with Gasteiger partial charge in [0.25, 0.3) is 0 Å². The fourth-order valence-electron chi connectivity index (χ4n) is 9.24. The Kier molecular flexibility index (Phi) is 5.96. The summed E-state index contributed by atoms with van der Waals surface area (Å²) in [5.41, 5.74) is 0.489. The van der Waals surface area contributed by atoms with Crippen molar-refractivity contribution in [2.24, 2.45) is 33.5 Å². The van der Waals surface area contributed by atoms with Crippen LogP contribution in [0.4, 0.5) is 0 Å². The van der Waals surface area contributed by atoms with Gasteiger partial charge in [0.2, 0.25) is 0 Å². The Hall–Kier alpha value is -2.57. The Balaban J connectivity index is 1.63. The predicted molar refractivity (Wildman–Crippen MR) is 135 cm³/mol. The smallest absolute Gasteiger partial charge is 0.331 e. The summed E-state index contributed by atoms with van der Waals surface area (Å²) in [5, 5.41) is 0. The number of esters is 3. The van der Waals surface area contributed by atoms with Crippen molar-refractivity contribution in [3.05, 3.63) is 35.8 Å². The van der Waals surface area contributed by atoms with Crippen LogP contribution in [0.1, 0.15) is 92.2 Å². The van der Waals surface area contributed by atoms with Crippen molar-refractivity contribution in [1.29, 1.82) is 0 Å². The average molecular weight is 513 g/mol. The fourth-order valence-corrected chi connectivity index (χ4v) is 9.24. The summed E-state index contributed by atoms with van der Waals surface area (Å²) in [6, 6.07) is 1.86. The van der Waals surface area contributed by atoms with E-state index in [1.54, 1.807) is 18.6 Å². The topological polar surface area (TPSA) is 92.0 Å². The van der Waals surface area contributed by atoms with Crippen LogP contribution in [0, 0.1) is 33.5 Å². The number of hydrogen-bond donors (Lipinski definition) is 0. The highest BCUT2D eigenvalue weighted by molar-refractivity contribution is 5.85. The van der Waals surface area contributed by atoms with Gasteiger partial charge in [-0.25, -0.2) is 4.79 Å². The standard InChI is InChI=1S/C30H40O7/c1-17(31)35-23-9-12-28(5)20-8-11-29(6)22(15-25(33)37-26(29)19-10-13-34-16-19)30(20,7)24(36-18(2)32)14-21(28)27(23,3)4/h10,13,15-16,20-21,23-24,26H,8-9,11-12,14H2,1-7H3/t20?,21?,23-,24-,26?,28-,29-,30-/m0/s1. The summed E-state index contributed by atoms with van der Waals surface area (Å²) in [6.07, 6.45) is 7.98. The monoisotopic (exact) mass is 512 g/mol. The van der Waals surface area contributed by atoms with Gasteiger partial charge >= 0.3 is 17.9 Å². The third-order valence-corrected chi connectivity index (χ3v) is 10.8. The van der Waals surface area contributed by atoms with Gasteiger partial charge in [-0.05, 0) is 61.0 Å². The first-order chi connectivity index (χ1) is 17.2. The molecule has 0 saturated heterocycles. The summed E-state index contributed by atoms with van der Waals surface area (Å²) in [7, 11) is 0. The molecule has 0 spiro atoms. The van der Waals surface area contributed by atoms with Crippen LogP contribution in [0.15, 0.2) is 34.7 Å². The molecule has 3 fully saturated rings. The lowest BCUT2D eigenvalue weighted by atomic mass is 9.36. The Morgan fingerprint density at radius 1 is 0.946 bits per heavy atom. The number of fused-ring (bicyclic) bond motifs is 5. The van der Waals surface area contributed by atoms with E-state index in [2.05, 4.69) is 34.6 Å². The molecule has 37 heavy (non-hydrogen) atoms. The second-order valence-corrected chi connectivity index (χ2v) is 13.1. The van der Waals surface area contributed by atoms with Gasteiger partial charge < -0.3 is 18.6 Å². The molecule has 1 aromatic rings. The summed E-state index contributed by atoms with van der Waals surface area (Å²) in [4.78, 5) is 37.4. The van der Waals surface area contributed by atoms with Crippen LogP contribution >= 0.6 is 0 Å². The lowest BCUT2D eigenvalue weighted by Crippen LogP contribution is -2.67. The minimum Gasteiger partial charge on any atom is -0.472 e. The number of rotatable bonds is 3. The molecule has 0 aromatic carbocycles. The first kappa shape index (κ1) is 26.1. The van der Waals surface area contributed by atoms with Gasteiger partial charge in [0.15, 0.2) is 0 Å². The molecule has 3 unspecified atom stereocenters. The average Bonchev–Trinajstić information content (AvgIpc) is 3.32. The Labute approximate surface area is 219 Å². The summed E-state index contributed by atoms with van der Waals surface area (Å²) in [6.45, 7) is 14.0. The van der Waals surface area contributed by atoms with Crippen molar-refractivity contribution >= 4 is 17.9 Å². The Morgan fingerprint density at radius 2 is 1.62 bits per heavy atom. The van der Waals surface area contributed by atoms with Crippen LogP contribution in [0.2, 0.25) is 0 Å². The summed E-state index contributed by atoms with van der Waals surface area (Å²) < 4.78 is 23.3. The molecule has 0 radical (unpaired) electrons. The number of carbonyl (C=O) groups is 3. The van der Waals surface area contributed by atoms with E-state index < -0.39 is 23.0 Å². The van der Waals surface area contributed by atoms with Gasteiger partial charge in [-0.3, -0.25) is 9.59 Å². The Bertz CT molecular complexity index is 1130. The molecule has 4 aliphatic rings. The number of carbonyl (C=O) groups excluding carboxylic acids is 3. The number of cyclic esters (lactones) is 1. The number of hydrogen-bond acceptors (Lipinski definition) is 7. The quantitative estimate of drug-likeness (QED) is 0.366. The fraction of sp³-hybridized carbons (Fsp3) is 0.700. The molecule has 0 bridgehead atoms. The van der Waals surface area contributed by atoms with Crippen molar-refractivity contribution in [2.75, 3.05) is 0 Å². The van der Waals surface area contributed by atoms with Gasteiger partial charge in [-0.15, -0.1) is 0 Å². The first-order valence-corrected chi connectivity index (χ1v) is 13.5. The van der Waals surface area contributed by atoms with E-state index >= 15 is 0 Å². The molecule has 0 amide bonds. The molecular weight excluding hydrogens is 472 g/mol. The zero-order valence-electron chi connectivity index (χ0n) is 23.1. The largest absolute Gasteiger partial charge is 0.472 e. The second-order valence-electron chi connectivity index (χ2n) is 13.1. The van der Waals surface area contributed by atoms with Gasteiger partial charge in [-0.1, -0.05) is 34.6 Å². The van der Waals surface area contributed by atoms with E-state index in [0.717, 1.165) is 36.8 Å². The molecule has 2 heterocycles. The molecule has 1 aromatic heterocycles. The summed E-state index contributed by atoms with van der Waals surface area (Å²) >= 11 is 0. The van der Waals surface area contributed by atoms with E-state index in [1.165, 1.54) is 13.8 Å². The first-order valence-electron chi connectivity index (χ1n) is 13.5. The molecule has 3 saturated carbocycles. The minimum absolute atomic E-state index is 0.0831. The molecular formula is C30H40O7. The van der Waals surface area contributed by atoms with E-state index in [9.17, 15) is 14.4 Å². The van der Waals surface area contributed by atoms with Crippen molar-refractivity contribution in [3.8, 4) is 0 Å². The van der Waals surface area contributed by atoms with Crippen LogP contribution in [0.25, 0.3) is 0 Å². The SMILES string of the molecule is CC(=O)O[C@H]1CC[C@]2(C)C(C[C@H](OC(C)=O)[C@]3(C)C4=CC(=O)OC(c5ccoc5)[C@@]4(C)CCC23)C1(C)C. The van der Waals surface area contributed by atoms with Gasteiger partial charge in [0.05, 0.1) is 12.5 Å². The highest BCUT2D eigenvalue weighted by Gasteiger charge is 2.70. The number of ether oxygens (including phenoxy) is 3. The zero-order valence-corrected chi connectivity index (χ0v) is 23.1. The maximum Gasteiger partial charge on any atom is 0.331 e. The molecule has 1 aliphatic heterocycles. The second kappa shape index (κ2) is 8.47. The van der Waals surface area contributed by atoms with Crippen molar-refractivity contribution in [3.63, 3.8) is 0 Å². The zero-order chi connectivity index (χ0) is 27.0. The van der Waals surface area contributed by atoms with Crippen LogP contribution < -0.4 is 0 Å². The third kappa shape index (κ3) is 3.70. The van der Waals surface area contributed by atoms with Crippen LogP contribution in [-0.4, -0.2) is 30.1 Å². The molecule has 8 atom stereocenters. The van der Waals surface area contributed by atoms with Crippen LogP contribution in [0.5, 0.6) is 0 Å². The highest BCUT2D eigenvalue weighted by atomic mass is 16.6. The van der Waals surface area contributed by atoms with Gasteiger partial charge in [0.1, 0.15) is 18.3 Å². The highest BCUT2D eigenvalue weighted by Crippen LogP contribution is 2.73. The molecule has 3 aliphatic carbocycles. The lowest BCUT2D eigenvalue weighted by Gasteiger charge is -2.69. The van der Waals surface area contributed by atoms with E-state index in [1.807, 2.05) is 6.07 Å². The molecule has 5 rings (SSSR count). The van der Waals surface area contributed by atoms with Crippen molar-refractivity contribution in [1.82, 2.24) is 0 Å². The molecule has 202 valence electrons. The predicted octanol–water partition coefficient (Wildman–Crippen LogP) is 5.94. The van der Waals surface area contributed by atoms with E-state index in [-0.39, 0.29) is 46.7 Å². The summed E-state index contributed by atoms with van der Waals surface area (Å²) in [5.74, 6) is -0.602. The minimum atomic E-state index is -0.546. The van der Waals surface area contributed by atoms with Crippen molar-refractivity contribution < 1.29 is 33.0 Å². The van der Waals surface area contributed by atoms with Gasteiger partial charge in [0, 0.05) is 41.7 Å². The van der Waals surface area contributed by atoms with Gasteiger partial charge in [-0.2, -0.15) is 0 Å². The lowest BCUT2D eigenvalue weighted by molar-refractivity contribution is -0.230. The van der Waals surface area contributed by atoms with Crippen LogP contribution in [0.3, 0.4) is 0 Å². The van der Waals surface area contributed by atoms with Crippen molar-refractivity contribution in [2.45, 2.75) is 98.9 Å². The molecule has 0 N–H and O–H groups in total. The third-order valence-electron chi connectivity index (χ3n) is 10.8. The Morgan fingerprint density at radius 3 is 2.24 bits per heavy atom. The maximum absolute atomic E-state index is 13.0. The maximum atomic E-state index is 13.0.